The molecule has 2 aromatic rings. The second kappa shape index (κ2) is 8.88. The van der Waals surface area contributed by atoms with E-state index in [0.717, 1.165) is 36.0 Å². The molecule has 0 radical (unpaired) electrons. The van der Waals surface area contributed by atoms with Crippen LogP contribution in [0.5, 0.6) is 0 Å². The normalized spacial score (nSPS) is 15.3. The van der Waals surface area contributed by atoms with Crippen LogP contribution in [0.2, 0.25) is 13.1 Å². The van der Waals surface area contributed by atoms with Crippen molar-refractivity contribution in [1.82, 2.24) is 3.80 Å². The summed E-state index contributed by atoms with van der Waals surface area (Å²) >= 11 is -4.46. The van der Waals surface area contributed by atoms with E-state index in [4.69, 9.17) is 18.6 Å². The predicted molar refractivity (Wildman–Crippen MR) is 126 cm³/mol. The fourth-order valence-corrected chi connectivity index (χ4v) is 16.6. The molecule has 3 rings (SSSR count). The molecule has 6 heteroatoms. The number of hydrogen-bond acceptors (Lipinski definition) is 1. The third-order valence-corrected chi connectivity index (χ3v) is 36.5. The van der Waals surface area contributed by atoms with Gasteiger partial charge in [0.05, 0.1) is 0 Å². The van der Waals surface area contributed by atoms with E-state index in [1.807, 2.05) is 0 Å². The van der Waals surface area contributed by atoms with Gasteiger partial charge in [-0.05, 0) is 0 Å². The van der Waals surface area contributed by atoms with Crippen LogP contribution in [0.3, 0.4) is 0 Å². The minimum atomic E-state index is -4.46. The summed E-state index contributed by atoms with van der Waals surface area (Å²) in [6.07, 6.45) is 4.69. The van der Waals surface area contributed by atoms with E-state index in [1.165, 1.54) is 22.3 Å². The summed E-state index contributed by atoms with van der Waals surface area (Å²) in [4.78, 5) is 13.3. The maximum atomic E-state index is 13.3. The molecule has 0 aromatic heterocycles. The molecule has 157 valence electrons. The third-order valence-electron chi connectivity index (χ3n) is 6.48. The van der Waals surface area contributed by atoms with Crippen LogP contribution >= 0.6 is 18.6 Å². The van der Waals surface area contributed by atoms with Crippen LogP contribution < -0.4 is 7.67 Å². The van der Waals surface area contributed by atoms with Crippen LogP contribution in [-0.4, -0.2) is 12.6 Å². The van der Waals surface area contributed by atoms with Crippen molar-refractivity contribution in [2.75, 3.05) is 0 Å². The molecule has 0 spiro atoms. The fourth-order valence-electron chi connectivity index (χ4n) is 4.41. The molecule has 2 aromatic carbocycles. The summed E-state index contributed by atoms with van der Waals surface area (Å²) in [6.45, 7) is 6.99. The number of fused-ring (bicyclic) bond motifs is 3. The summed E-state index contributed by atoms with van der Waals surface area (Å²) in [5.41, 5.74) is 5.01. The average molecular weight is 485 g/mol. The maximum absolute atomic E-state index is 13.3. The third kappa shape index (κ3) is 4.27. The monoisotopic (exact) mass is 484 g/mol. The molecule has 2 nitrogen and oxygen atoms in total. The number of amides is 1. The number of benzene rings is 2. The number of unbranched alkanes of at least 4 members (excludes halogenated alkanes) is 1. The molecule has 1 atom stereocenters. The molecule has 1 amide bonds. The topological polar surface area (TPSA) is 29.1 Å². The van der Waals surface area contributed by atoms with Gasteiger partial charge in [-0.15, -0.1) is 0 Å². The second-order valence-electron chi connectivity index (χ2n) is 8.64. The summed E-state index contributed by atoms with van der Waals surface area (Å²) < 4.78 is 4.39. The van der Waals surface area contributed by atoms with Gasteiger partial charge in [0.15, 0.2) is 0 Å². The van der Waals surface area contributed by atoms with Crippen molar-refractivity contribution < 1.29 is 17.5 Å². The number of carbonyl (C=O) groups is 1. The fraction of sp³-hybridized carbons (Fsp3) is 0.435. The SMILES string of the molecule is CCCCC(CC)C(=O)[NH][Ti]([Cl])([Cl])([c]1cccc2c1Cc1ccccc1-2)[SiH](C)C. The number of rotatable bonds is 8. The first-order valence-corrected chi connectivity index (χ1v) is 22.3. The minimum absolute atomic E-state index is 0.0165. The summed E-state index contributed by atoms with van der Waals surface area (Å²) in [5.74, 6) is 0.0365. The van der Waals surface area contributed by atoms with Gasteiger partial charge < -0.3 is 0 Å². The van der Waals surface area contributed by atoms with Gasteiger partial charge in [-0.25, -0.2) is 0 Å². The van der Waals surface area contributed by atoms with Gasteiger partial charge in [-0.1, -0.05) is 0 Å². The molecule has 0 fully saturated rings. The van der Waals surface area contributed by atoms with Crippen molar-refractivity contribution >= 4 is 35.0 Å². The molecule has 0 bridgehead atoms. The van der Waals surface area contributed by atoms with Gasteiger partial charge in [0.1, 0.15) is 0 Å². The number of carbonyl (C=O) groups excluding carboxylic acids is 1. The summed E-state index contributed by atoms with van der Waals surface area (Å²) in [6, 6.07) is 14.8. The molecule has 1 aliphatic carbocycles. The van der Waals surface area contributed by atoms with E-state index >= 15 is 0 Å². The first-order valence-electron chi connectivity index (χ1n) is 10.8. The van der Waals surface area contributed by atoms with Crippen molar-refractivity contribution in [1.29, 1.82) is 0 Å². The van der Waals surface area contributed by atoms with Crippen molar-refractivity contribution in [3.63, 3.8) is 0 Å². The van der Waals surface area contributed by atoms with Crippen LogP contribution in [0, 0.1) is 5.92 Å². The Bertz CT molecular complexity index is 916. The molecule has 0 aliphatic heterocycles. The van der Waals surface area contributed by atoms with Crippen molar-refractivity contribution in [2.45, 2.75) is 59.0 Å². The van der Waals surface area contributed by atoms with Crippen molar-refractivity contribution in [3.05, 3.63) is 53.6 Å². The molecule has 0 saturated carbocycles. The Balaban J connectivity index is 2.05. The Hall–Kier alpha value is -0.579. The molecule has 29 heavy (non-hydrogen) atoms. The van der Waals surface area contributed by atoms with E-state index in [0.29, 0.717) is 0 Å². The molecule has 0 saturated heterocycles. The van der Waals surface area contributed by atoms with Crippen LogP contribution in [0.1, 0.15) is 50.7 Å². The van der Waals surface area contributed by atoms with E-state index in [-0.39, 0.29) is 11.8 Å². The molecular weight excluding hydrogens is 453 g/mol. The first kappa shape index (κ1) is 23.1. The van der Waals surface area contributed by atoms with E-state index in [2.05, 4.69) is 73.2 Å². The number of halogens is 2. The molecular formula is C23H32Cl2NOSiTi. The second-order valence-corrected chi connectivity index (χ2v) is 36.0. The Morgan fingerprint density at radius 1 is 1.10 bits per heavy atom. The zero-order valence-corrected chi connectivity index (χ0v) is 22.1. The Morgan fingerprint density at radius 3 is 2.45 bits per heavy atom. The van der Waals surface area contributed by atoms with Gasteiger partial charge in [0, 0.05) is 0 Å². The van der Waals surface area contributed by atoms with E-state index in [9.17, 15) is 4.79 Å². The van der Waals surface area contributed by atoms with Gasteiger partial charge in [-0.3, -0.25) is 0 Å². The van der Waals surface area contributed by atoms with Gasteiger partial charge in [0.25, 0.3) is 0 Å². The zero-order chi connectivity index (χ0) is 21.3. The van der Waals surface area contributed by atoms with Crippen molar-refractivity contribution in [3.8, 4) is 11.1 Å². The van der Waals surface area contributed by atoms with Gasteiger partial charge >= 0.3 is 186 Å². The quantitative estimate of drug-likeness (QED) is 0.384. The van der Waals surface area contributed by atoms with Crippen molar-refractivity contribution in [2.24, 2.45) is 5.92 Å². The summed E-state index contributed by atoms with van der Waals surface area (Å²) in [5, 5.41) is 0. The van der Waals surface area contributed by atoms with Crippen LogP contribution in [-0.2, 0) is 23.9 Å². The van der Waals surface area contributed by atoms with Crippen LogP contribution in [0.25, 0.3) is 11.1 Å². The molecule has 1 N–H and O–H groups in total. The van der Waals surface area contributed by atoms with E-state index in [1.54, 1.807) is 0 Å². The standard InChI is InChI=1S/C13H9.C8H17NO.C2H7Si.2ClH.Ti/c1-3-7-12-10(5-1)9-11-6-2-4-8-13(11)12;1-3-5-6-7(4-2)8(9)10;1-3-2;;;/h1-5,7-8H,9H2;7H,3-6H2,1-2H3,(H2,9,10);3H,1-2H3;2*1H;/q;;;;;+3/p-3. The first-order chi connectivity index (χ1) is 13.7. The van der Waals surface area contributed by atoms with Crippen LogP contribution in [0.4, 0.5) is 0 Å². The van der Waals surface area contributed by atoms with Gasteiger partial charge in [-0.2, -0.15) is 0 Å². The average Bonchev–Trinajstić information content (AvgIpc) is 3.07. The predicted octanol–water partition coefficient (Wildman–Crippen LogP) is 6.11. The van der Waals surface area contributed by atoms with Gasteiger partial charge in [0.2, 0.25) is 0 Å². The Morgan fingerprint density at radius 2 is 1.79 bits per heavy atom. The Kier molecular flexibility index (Phi) is 7.07. The zero-order valence-electron chi connectivity index (χ0n) is 17.9. The molecule has 1 aliphatic rings. The Labute approximate surface area is 185 Å². The summed E-state index contributed by atoms with van der Waals surface area (Å²) in [7, 11) is 15.0. The van der Waals surface area contributed by atoms with Crippen LogP contribution in [0.15, 0.2) is 42.5 Å². The van der Waals surface area contributed by atoms with E-state index < -0.39 is 19.4 Å². The number of nitrogens with one attached hydrogen (secondary N) is 1. The molecule has 0 heterocycles. The molecule has 1 unspecified atom stereocenters. The number of hydrogen-bond donors (Lipinski definition) is 1.